The second-order valence-electron chi connectivity index (χ2n) is 5.26. The Labute approximate surface area is 150 Å². The Morgan fingerprint density at radius 3 is 2.57 bits per heavy atom. The van der Waals surface area contributed by atoms with Gasteiger partial charge in [0.15, 0.2) is 0 Å². The van der Waals surface area contributed by atoms with Crippen LogP contribution in [0.25, 0.3) is 0 Å². The molecule has 23 heavy (non-hydrogen) atoms. The first-order valence-corrected chi connectivity index (χ1v) is 7.64. The van der Waals surface area contributed by atoms with Crippen molar-refractivity contribution in [3.63, 3.8) is 0 Å². The van der Waals surface area contributed by atoms with Crippen molar-refractivity contribution >= 4 is 36.5 Å². The normalized spacial score (nSPS) is 14.6. The lowest BCUT2D eigenvalue weighted by atomic mass is 10.2. The molecule has 0 bridgehead atoms. The van der Waals surface area contributed by atoms with Crippen LogP contribution in [-0.2, 0) is 4.79 Å². The van der Waals surface area contributed by atoms with E-state index in [9.17, 15) is 4.79 Å². The third-order valence-electron chi connectivity index (χ3n) is 3.70. The number of aromatic nitrogens is 1. The quantitative estimate of drug-likeness (QED) is 0.704. The summed E-state index contributed by atoms with van der Waals surface area (Å²) in [5.41, 5.74) is 5.40. The first kappa shape index (κ1) is 21.9. The maximum atomic E-state index is 11.6. The maximum Gasteiger partial charge on any atom is 0.221 e. The van der Waals surface area contributed by atoms with Crippen molar-refractivity contribution in [3.8, 4) is 0 Å². The summed E-state index contributed by atoms with van der Waals surface area (Å²) in [5, 5.41) is 2.89. The molecule has 1 amide bonds. The van der Waals surface area contributed by atoms with E-state index in [-0.39, 0.29) is 30.7 Å². The van der Waals surface area contributed by atoms with Gasteiger partial charge in [-0.15, -0.1) is 24.8 Å². The molecule has 0 saturated carbocycles. The summed E-state index contributed by atoms with van der Waals surface area (Å²) in [6, 6.07) is 5.99. The fraction of sp³-hybridized carbons (Fsp3) is 0.600. The number of rotatable bonds is 7. The monoisotopic (exact) mass is 363 g/mol. The number of hydrogen-bond acceptors (Lipinski definition) is 5. The number of hydrogen-bond donors (Lipinski definition) is 2. The van der Waals surface area contributed by atoms with E-state index in [2.05, 4.69) is 20.1 Å². The number of piperazine rings is 1. The van der Waals surface area contributed by atoms with E-state index in [0.29, 0.717) is 19.5 Å². The molecule has 0 atom stereocenters. The third kappa shape index (κ3) is 7.83. The predicted octanol–water partition coefficient (Wildman–Crippen LogP) is 0.902. The van der Waals surface area contributed by atoms with Gasteiger partial charge in [-0.3, -0.25) is 9.69 Å². The summed E-state index contributed by atoms with van der Waals surface area (Å²) in [6.45, 7) is 6.01. The minimum atomic E-state index is 0. The zero-order valence-corrected chi connectivity index (χ0v) is 15.0. The first-order chi connectivity index (χ1) is 10.3. The minimum absolute atomic E-state index is 0. The Morgan fingerprint density at radius 1 is 1.22 bits per heavy atom. The largest absolute Gasteiger partial charge is 0.356 e. The highest BCUT2D eigenvalue weighted by Gasteiger charge is 2.18. The third-order valence-corrected chi connectivity index (χ3v) is 3.70. The van der Waals surface area contributed by atoms with Crippen LogP contribution in [0.2, 0.25) is 0 Å². The molecule has 1 fully saturated rings. The number of carbonyl (C=O) groups is 1. The smallest absolute Gasteiger partial charge is 0.221 e. The Kier molecular flexibility index (Phi) is 11.8. The number of nitrogens with zero attached hydrogens (tertiary/aromatic N) is 3. The van der Waals surface area contributed by atoms with Crippen molar-refractivity contribution in [2.24, 2.45) is 5.73 Å². The van der Waals surface area contributed by atoms with E-state index in [1.165, 1.54) is 0 Å². The molecule has 0 spiro atoms. The van der Waals surface area contributed by atoms with Crippen molar-refractivity contribution < 1.29 is 4.79 Å². The first-order valence-electron chi connectivity index (χ1n) is 7.64. The minimum Gasteiger partial charge on any atom is -0.356 e. The summed E-state index contributed by atoms with van der Waals surface area (Å²) in [6.07, 6.45) is 3.23. The standard InChI is InChI=1S/C15H25N5O.2ClH/c16-6-3-8-18-15(21)5-9-19-10-12-20(13-11-19)14-4-1-2-7-17-14;;/h1-2,4,7H,3,5-6,8-13,16H2,(H,18,21);2*1H. The molecule has 1 aliphatic heterocycles. The predicted molar refractivity (Wildman–Crippen MR) is 98.7 cm³/mol. The summed E-state index contributed by atoms with van der Waals surface area (Å²) < 4.78 is 0. The van der Waals surface area contributed by atoms with E-state index in [4.69, 9.17) is 5.73 Å². The fourth-order valence-electron chi connectivity index (χ4n) is 2.42. The lowest BCUT2D eigenvalue weighted by Crippen LogP contribution is -2.47. The van der Waals surface area contributed by atoms with Crippen LogP contribution >= 0.6 is 24.8 Å². The van der Waals surface area contributed by atoms with Crippen molar-refractivity contribution in [3.05, 3.63) is 24.4 Å². The molecule has 0 aliphatic carbocycles. The van der Waals surface area contributed by atoms with Crippen LogP contribution < -0.4 is 16.0 Å². The molecule has 1 aliphatic rings. The summed E-state index contributed by atoms with van der Waals surface area (Å²) in [5.74, 6) is 1.16. The molecule has 2 heterocycles. The lowest BCUT2D eigenvalue weighted by molar-refractivity contribution is -0.121. The van der Waals surface area contributed by atoms with Crippen molar-refractivity contribution in [2.45, 2.75) is 12.8 Å². The molecular formula is C15H27Cl2N5O. The van der Waals surface area contributed by atoms with E-state index < -0.39 is 0 Å². The van der Waals surface area contributed by atoms with Gasteiger partial charge in [-0.2, -0.15) is 0 Å². The van der Waals surface area contributed by atoms with E-state index in [1.807, 2.05) is 24.4 Å². The topological polar surface area (TPSA) is 74.5 Å². The molecule has 1 aromatic heterocycles. The number of nitrogens with one attached hydrogen (secondary N) is 1. The Balaban J connectivity index is 0.00000242. The average Bonchev–Trinajstić information content (AvgIpc) is 2.54. The van der Waals surface area contributed by atoms with Crippen LogP contribution in [0.5, 0.6) is 0 Å². The molecule has 1 aromatic rings. The zero-order chi connectivity index (χ0) is 14.9. The van der Waals surface area contributed by atoms with Gasteiger partial charge in [0.05, 0.1) is 0 Å². The van der Waals surface area contributed by atoms with Gasteiger partial charge < -0.3 is 16.0 Å². The Morgan fingerprint density at radius 2 is 1.96 bits per heavy atom. The molecule has 8 heteroatoms. The maximum absolute atomic E-state index is 11.6. The molecule has 0 aromatic carbocycles. The van der Waals surface area contributed by atoms with E-state index in [0.717, 1.165) is 45.0 Å². The number of halogens is 2. The van der Waals surface area contributed by atoms with Crippen molar-refractivity contribution in [1.82, 2.24) is 15.2 Å². The van der Waals surface area contributed by atoms with Gasteiger partial charge in [0.1, 0.15) is 5.82 Å². The van der Waals surface area contributed by atoms with Gasteiger partial charge in [-0.05, 0) is 25.1 Å². The molecule has 132 valence electrons. The van der Waals surface area contributed by atoms with Gasteiger partial charge in [0.2, 0.25) is 5.91 Å². The number of amides is 1. The summed E-state index contributed by atoms with van der Waals surface area (Å²) in [7, 11) is 0. The summed E-state index contributed by atoms with van der Waals surface area (Å²) >= 11 is 0. The molecule has 0 radical (unpaired) electrons. The summed E-state index contributed by atoms with van der Waals surface area (Å²) in [4.78, 5) is 20.6. The van der Waals surface area contributed by atoms with Crippen LogP contribution in [0.15, 0.2) is 24.4 Å². The van der Waals surface area contributed by atoms with Gasteiger partial charge in [0, 0.05) is 51.9 Å². The molecular weight excluding hydrogens is 337 g/mol. The van der Waals surface area contributed by atoms with Gasteiger partial charge in [-0.1, -0.05) is 6.07 Å². The molecule has 2 rings (SSSR count). The highest BCUT2D eigenvalue weighted by molar-refractivity contribution is 5.85. The average molecular weight is 364 g/mol. The molecule has 6 nitrogen and oxygen atoms in total. The number of carbonyl (C=O) groups excluding carboxylic acids is 1. The van der Waals surface area contributed by atoms with Crippen molar-refractivity contribution in [2.75, 3.05) is 50.7 Å². The van der Waals surface area contributed by atoms with Crippen LogP contribution in [0, 0.1) is 0 Å². The Hall–Kier alpha value is -1.08. The lowest BCUT2D eigenvalue weighted by Gasteiger charge is -2.35. The number of nitrogens with two attached hydrogens (primary N) is 1. The van der Waals surface area contributed by atoms with Crippen LogP contribution in [0.4, 0.5) is 5.82 Å². The molecule has 1 saturated heterocycles. The second-order valence-corrected chi connectivity index (χ2v) is 5.26. The van der Waals surface area contributed by atoms with Gasteiger partial charge in [-0.25, -0.2) is 4.98 Å². The molecule has 3 N–H and O–H groups in total. The van der Waals surface area contributed by atoms with E-state index in [1.54, 1.807) is 0 Å². The van der Waals surface area contributed by atoms with Crippen LogP contribution in [0.3, 0.4) is 0 Å². The van der Waals surface area contributed by atoms with Crippen LogP contribution in [-0.4, -0.2) is 61.6 Å². The second kappa shape index (κ2) is 12.4. The van der Waals surface area contributed by atoms with Gasteiger partial charge in [0.25, 0.3) is 0 Å². The highest BCUT2D eigenvalue weighted by Crippen LogP contribution is 2.12. The Bertz CT molecular complexity index is 427. The van der Waals surface area contributed by atoms with Crippen LogP contribution in [0.1, 0.15) is 12.8 Å². The number of anilines is 1. The number of pyridine rings is 1. The van der Waals surface area contributed by atoms with Crippen molar-refractivity contribution in [1.29, 1.82) is 0 Å². The molecule has 0 unspecified atom stereocenters. The fourth-order valence-corrected chi connectivity index (χ4v) is 2.42. The van der Waals surface area contributed by atoms with Gasteiger partial charge >= 0.3 is 0 Å². The highest BCUT2D eigenvalue weighted by atomic mass is 35.5. The van der Waals surface area contributed by atoms with E-state index >= 15 is 0 Å². The SMILES string of the molecule is Cl.Cl.NCCCNC(=O)CCN1CCN(c2ccccn2)CC1. The zero-order valence-electron chi connectivity index (χ0n) is 13.3.